The number of furan rings is 1. The lowest BCUT2D eigenvalue weighted by atomic mass is 10.2. The van der Waals surface area contributed by atoms with E-state index < -0.39 is 0 Å². The van der Waals surface area contributed by atoms with Gasteiger partial charge in [0.05, 0.1) is 24.7 Å². The van der Waals surface area contributed by atoms with Crippen molar-refractivity contribution in [2.45, 2.75) is 12.1 Å². The van der Waals surface area contributed by atoms with Crippen LogP contribution in [-0.2, 0) is 9.53 Å². The van der Waals surface area contributed by atoms with E-state index in [4.69, 9.17) is 9.15 Å². The first kappa shape index (κ1) is 22.0. The molecule has 9 nitrogen and oxygen atoms in total. The number of nitrogens with zero attached hydrogens (tertiary/aromatic N) is 5. The van der Waals surface area contributed by atoms with E-state index in [1.54, 1.807) is 6.07 Å². The van der Waals surface area contributed by atoms with Gasteiger partial charge in [0.25, 0.3) is 0 Å². The number of carbonyl (C=O) groups is 1. The largest absolute Gasteiger partial charge is 0.443 e. The molecule has 0 aliphatic carbocycles. The number of hydrogen-bond acceptors (Lipinski definition) is 8. The van der Waals surface area contributed by atoms with Crippen LogP contribution in [0.25, 0.3) is 16.7 Å². The van der Waals surface area contributed by atoms with Crippen molar-refractivity contribution in [1.29, 1.82) is 5.26 Å². The molecule has 4 aromatic rings. The number of para-hydroxylation sites is 2. The number of amides is 1. The number of hydrogen-bond donors (Lipinski definition) is 1. The summed E-state index contributed by atoms with van der Waals surface area (Å²) in [6.07, 6.45) is 0. The van der Waals surface area contributed by atoms with Gasteiger partial charge in [0.15, 0.2) is 5.16 Å². The zero-order valence-corrected chi connectivity index (χ0v) is 19.3. The van der Waals surface area contributed by atoms with E-state index in [-0.39, 0.29) is 17.4 Å². The van der Waals surface area contributed by atoms with Crippen molar-refractivity contribution in [2.24, 2.45) is 0 Å². The van der Waals surface area contributed by atoms with Crippen molar-refractivity contribution in [3.63, 3.8) is 0 Å². The maximum Gasteiger partial charge on any atom is 0.234 e. The summed E-state index contributed by atoms with van der Waals surface area (Å²) in [7, 11) is 0. The highest BCUT2D eigenvalue weighted by molar-refractivity contribution is 7.99. The lowest BCUT2D eigenvalue weighted by Gasteiger charge is -2.28. The molecule has 0 bridgehead atoms. The zero-order chi connectivity index (χ0) is 23.5. The minimum atomic E-state index is -0.264. The van der Waals surface area contributed by atoms with Crippen molar-refractivity contribution in [3.8, 4) is 11.8 Å². The van der Waals surface area contributed by atoms with Gasteiger partial charge in [0, 0.05) is 18.5 Å². The van der Waals surface area contributed by atoms with E-state index in [2.05, 4.69) is 20.4 Å². The molecule has 1 aliphatic rings. The van der Waals surface area contributed by atoms with Crippen LogP contribution >= 0.6 is 11.8 Å². The number of thioether (sulfide) groups is 1. The number of ether oxygens (including phenoxy) is 1. The van der Waals surface area contributed by atoms with E-state index in [9.17, 15) is 10.1 Å². The standard InChI is InChI=1S/C24H22N6O3S/c1-16-6-2-4-8-18(16)30-23(29-10-12-32-13-11-29)27-28-24(30)34-15-21(31)26-22-17-7-3-5-9-19(17)33-20(22)14-25/h2-9H,10-13,15H2,1H3,(H,26,31). The first-order valence-electron chi connectivity index (χ1n) is 10.8. The van der Waals surface area contributed by atoms with Crippen LogP contribution in [0, 0.1) is 18.3 Å². The molecule has 3 heterocycles. The molecule has 5 rings (SSSR count). The highest BCUT2D eigenvalue weighted by atomic mass is 32.2. The van der Waals surface area contributed by atoms with E-state index >= 15 is 0 Å². The van der Waals surface area contributed by atoms with Crippen LogP contribution in [0.15, 0.2) is 58.1 Å². The Bertz CT molecular complexity index is 1380. The van der Waals surface area contributed by atoms with Gasteiger partial charge in [-0.2, -0.15) is 5.26 Å². The summed E-state index contributed by atoms with van der Waals surface area (Å²) in [5.74, 6) is 0.642. The molecule has 0 atom stereocenters. The van der Waals surface area contributed by atoms with Crippen LogP contribution in [0.5, 0.6) is 0 Å². The Morgan fingerprint density at radius 3 is 2.71 bits per heavy atom. The number of nitrogens with one attached hydrogen (secondary N) is 1. The number of anilines is 2. The normalized spacial score (nSPS) is 13.7. The summed E-state index contributed by atoms with van der Waals surface area (Å²) in [5, 5.41) is 22.4. The van der Waals surface area contributed by atoms with E-state index in [0.717, 1.165) is 30.3 Å². The Balaban J connectivity index is 1.40. The van der Waals surface area contributed by atoms with Crippen LogP contribution in [0.3, 0.4) is 0 Å². The number of aryl methyl sites for hydroxylation is 1. The van der Waals surface area contributed by atoms with Crippen LogP contribution in [-0.4, -0.2) is 52.7 Å². The molecule has 172 valence electrons. The number of carbonyl (C=O) groups excluding carboxylic acids is 1. The molecule has 1 aliphatic heterocycles. The summed E-state index contributed by atoms with van der Waals surface area (Å²) >= 11 is 1.29. The fourth-order valence-electron chi connectivity index (χ4n) is 3.90. The molecule has 1 fully saturated rings. The molecule has 0 radical (unpaired) electrons. The molecule has 1 amide bonds. The molecular formula is C24H22N6O3S. The smallest absolute Gasteiger partial charge is 0.234 e. The molecule has 0 spiro atoms. The number of nitriles is 1. The third-order valence-corrected chi connectivity index (χ3v) is 6.49. The molecule has 1 N–H and O–H groups in total. The van der Waals surface area contributed by atoms with Crippen molar-refractivity contribution in [1.82, 2.24) is 14.8 Å². The molecule has 1 saturated heterocycles. The Morgan fingerprint density at radius 1 is 1.15 bits per heavy atom. The fourth-order valence-corrected chi connectivity index (χ4v) is 4.64. The number of rotatable bonds is 6. The van der Waals surface area contributed by atoms with Crippen LogP contribution in [0.4, 0.5) is 11.6 Å². The van der Waals surface area contributed by atoms with Gasteiger partial charge in [0.2, 0.25) is 17.6 Å². The first-order chi connectivity index (χ1) is 16.7. The SMILES string of the molecule is Cc1ccccc1-n1c(SCC(=O)Nc2c(C#N)oc3ccccc23)nnc1N1CCOCC1. The first-order valence-corrected chi connectivity index (χ1v) is 11.8. The second kappa shape index (κ2) is 9.59. The van der Waals surface area contributed by atoms with Gasteiger partial charge in [0.1, 0.15) is 17.3 Å². The lowest BCUT2D eigenvalue weighted by Crippen LogP contribution is -2.38. The minimum Gasteiger partial charge on any atom is -0.443 e. The second-order valence-corrected chi connectivity index (χ2v) is 8.70. The summed E-state index contributed by atoms with van der Waals surface area (Å²) in [6, 6.07) is 17.2. The minimum absolute atomic E-state index is 0.0808. The van der Waals surface area contributed by atoms with Crippen molar-refractivity contribution in [3.05, 3.63) is 59.9 Å². The predicted molar refractivity (Wildman–Crippen MR) is 129 cm³/mol. The third kappa shape index (κ3) is 4.23. The molecule has 0 saturated carbocycles. The Kier molecular flexibility index (Phi) is 6.20. The van der Waals surface area contributed by atoms with Crippen molar-refractivity contribution < 1.29 is 13.9 Å². The van der Waals surface area contributed by atoms with Gasteiger partial charge in [-0.3, -0.25) is 9.36 Å². The highest BCUT2D eigenvalue weighted by Gasteiger charge is 2.23. The maximum absolute atomic E-state index is 12.9. The third-order valence-electron chi connectivity index (χ3n) is 5.56. The predicted octanol–water partition coefficient (Wildman–Crippen LogP) is 3.76. The van der Waals surface area contributed by atoms with Gasteiger partial charge >= 0.3 is 0 Å². The lowest BCUT2D eigenvalue weighted by molar-refractivity contribution is -0.113. The summed E-state index contributed by atoms with van der Waals surface area (Å²) < 4.78 is 13.0. The average molecular weight is 475 g/mol. The highest BCUT2D eigenvalue weighted by Crippen LogP contribution is 2.32. The van der Waals surface area contributed by atoms with Crippen LogP contribution < -0.4 is 10.2 Å². The maximum atomic E-state index is 12.9. The van der Waals surface area contributed by atoms with Crippen molar-refractivity contribution >= 4 is 40.3 Å². The fraction of sp³-hybridized carbons (Fsp3) is 0.250. The van der Waals surface area contributed by atoms with E-state index in [0.29, 0.717) is 35.0 Å². The molecule has 10 heteroatoms. The summed E-state index contributed by atoms with van der Waals surface area (Å²) in [4.78, 5) is 15.0. The monoisotopic (exact) mass is 474 g/mol. The molecule has 34 heavy (non-hydrogen) atoms. The van der Waals surface area contributed by atoms with Gasteiger partial charge in [-0.15, -0.1) is 10.2 Å². The number of aromatic nitrogens is 3. The van der Waals surface area contributed by atoms with Gasteiger partial charge in [-0.05, 0) is 30.7 Å². The molecule has 0 unspecified atom stereocenters. The van der Waals surface area contributed by atoms with Crippen LogP contribution in [0.2, 0.25) is 0 Å². The summed E-state index contributed by atoms with van der Waals surface area (Å²) in [6.45, 7) is 4.74. The van der Waals surface area contributed by atoms with Crippen LogP contribution in [0.1, 0.15) is 11.3 Å². The molecular weight excluding hydrogens is 452 g/mol. The number of morpholine rings is 1. The Labute approximate surface area is 200 Å². The van der Waals surface area contributed by atoms with Crippen molar-refractivity contribution in [2.75, 3.05) is 42.3 Å². The van der Waals surface area contributed by atoms with E-state index in [1.165, 1.54) is 11.8 Å². The number of benzene rings is 2. The molecule has 2 aromatic carbocycles. The number of fused-ring (bicyclic) bond motifs is 1. The second-order valence-electron chi connectivity index (χ2n) is 7.75. The zero-order valence-electron chi connectivity index (χ0n) is 18.5. The summed E-state index contributed by atoms with van der Waals surface area (Å²) in [5.41, 5.74) is 2.98. The van der Waals surface area contributed by atoms with Gasteiger partial charge in [-0.25, -0.2) is 0 Å². The quantitative estimate of drug-likeness (QED) is 0.421. The molecule has 2 aromatic heterocycles. The van der Waals surface area contributed by atoms with Gasteiger partial charge < -0.3 is 19.4 Å². The van der Waals surface area contributed by atoms with Gasteiger partial charge in [-0.1, -0.05) is 42.1 Å². The Morgan fingerprint density at radius 2 is 1.91 bits per heavy atom. The Hall–Kier alpha value is -3.81. The van der Waals surface area contributed by atoms with E-state index in [1.807, 2.05) is 60.0 Å². The topological polar surface area (TPSA) is 109 Å². The average Bonchev–Trinajstić information content (AvgIpc) is 3.45.